The number of carbonyl (C=O) groups is 2. The summed E-state index contributed by atoms with van der Waals surface area (Å²) < 4.78 is 25.7. The molecule has 0 saturated carbocycles. The summed E-state index contributed by atoms with van der Waals surface area (Å²) >= 11 is 0. The highest BCUT2D eigenvalue weighted by Gasteiger charge is 2.27. The molecule has 1 aromatic rings. The first kappa shape index (κ1) is 16.0. The van der Waals surface area contributed by atoms with Crippen molar-refractivity contribution in [1.29, 1.82) is 0 Å². The van der Waals surface area contributed by atoms with Crippen molar-refractivity contribution in [3.05, 3.63) is 23.8 Å². The zero-order valence-electron chi connectivity index (χ0n) is 11.3. The van der Waals surface area contributed by atoms with Crippen LogP contribution >= 0.6 is 0 Å². The molecule has 0 aliphatic heterocycles. The zero-order chi connectivity index (χ0) is 15.5. The molecule has 1 unspecified atom stereocenters. The molecule has 1 atom stereocenters. The number of hydrogen-bond acceptors (Lipinski definition) is 4. The normalized spacial score (nSPS) is 12.6. The second kappa shape index (κ2) is 5.91. The van der Waals surface area contributed by atoms with Crippen LogP contribution < -0.4 is 10.0 Å². The molecule has 20 heavy (non-hydrogen) atoms. The number of sulfonamides is 1. The molecule has 7 nitrogen and oxygen atoms in total. The average molecular weight is 300 g/mol. The Balaban J connectivity index is 3.05. The van der Waals surface area contributed by atoms with E-state index < -0.39 is 21.2 Å². The van der Waals surface area contributed by atoms with Crippen molar-refractivity contribution < 1.29 is 23.1 Å². The summed E-state index contributed by atoms with van der Waals surface area (Å²) in [4.78, 5) is 21.8. The van der Waals surface area contributed by atoms with E-state index in [1.807, 2.05) is 0 Å². The second-order valence-corrected chi connectivity index (χ2v) is 6.34. The molecule has 0 aromatic heterocycles. The molecule has 0 bridgehead atoms. The van der Waals surface area contributed by atoms with Crippen LogP contribution in [-0.2, 0) is 19.6 Å². The van der Waals surface area contributed by atoms with Crippen molar-refractivity contribution in [3.63, 3.8) is 0 Å². The number of hydrogen-bond donors (Lipinski definition) is 3. The molecule has 8 heteroatoms. The smallest absolute Gasteiger partial charge is 0.323 e. The third-order valence-corrected chi connectivity index (χ3v) is 4.27. The molecule has 1 aromatic carbocycles. The Morgan fingerprint density at radius 1 is 1.30 bits per heavy atom. The Bertz CT molecular complexity index is 639. The lowest BCUT2D eigenvalue weighted by atomic mass is 10.2. The fraction of sp³-hybridized carbons (Fsp3) is 0.333. The topological polar surface area (TPSA) is 113 Å². The molecule has 1 amide bonds. The van der Waals surface area contributed by atoms with E-state index in [0.29, 0.717) is 5.69 Å². The number of amides is 1. The number of carboxylic acid groups (broad SMARTS) is 1. The van der Waals surface area contributed by atoms with Gasteiger partial charge in [0.25, 0.3) is 0 Å². The van der Waals surface area contributed by atoms with E-state index in [0.717, 1.165) is 12.5 Å². The first-order valence-electron chi connectivity index (χ1n) is 5.76. The minimum atomic E-state index is -4.03. The van der Waals surface area contributed by atoms with E-state index in [2.05, 4.69) is 10.0 Å². The van der Waals surface area contributed by atoms with Crippen LogP contribution in [0, 0.1) is 6.92 Å². The molecule has 3 N–H and O–H groups in total. The Morgan fingerprint density at radius 3 is 2.40 bits per heavy atom. The summed E-state index contributed by atoms with van der Waals surface area (Å²) in [6, 6.07) is 4.55. The van der Waals surface area contributed by atoms with Gasteiger partial charge >= 0.3 is 5.97 Å². The number of aryl methyl sites for hydroxylation is 1. The summed E-state index contributed by atoms with van der Waals surface area (Å²) in [5.74, 6) is -1.72. The van der Waals surface area contributed by atoms with Gasteiger partial charge in [0.1, 0.15) is 0 Å². The lowest BCUT2D eigenvalue weighted by Gasteiger charge is -2.13. The number of benzene rings is 1. The summed E-state index contributed by atoms with van der Waals surface area (Å²) in [5, 5.41) is 9.72. The van der Waals surface area contributed by atoms with Crippen LogP contribution in [0.15, 0.2) is 18.2 Å². The first-order valence-corrected chi connectivity index (χ1v) is 7.31. The van der Waals surface area contributed by atoms with Gasteiger partial charge in [0.15, 0.2) is 5.25 Å². The summed E-state index contributed by atoms with van der Waals surface area (Å²) in [5.41, 5.74) is 1.41. The SMILES string of the molecule is CC(=O)Nc1cc(NS(=O)(=O)C(C)C(=O)O)ccc1C. The van der Waals surface area contributed by atoms with Gasteiger partial charge in [0.05, 0.1) is 5.69 Å². The molecule has 0 spiro atoms. The Morgan fingerprint density at radius 2 is 1.90 bits per heavy atom. The maximum Gasteiger partial charge on any atom is 0.323 e. The van der Waals surface area contributed by atoms with Crippen LogP contribution in [0.3, 0.4) is 0 Å². The number of anilines is 2. The Hall–Kier alpha value is -2.09. The summed E-state index contributed by atoms with van der Waals surface area (Å²) in [6.45, 7) is 4.17. The van der Waals surface area contributed by atoms with Crippen molar-refractivity contribution in [2.75, 3.05) is 10.0 Å². The highest BCUT2D eigenvalue weighted by molar-refractivity contribution is 7.94. The van der Waals surface area contributed by atoms with Gasteiger partial charge in [0, 0.05) is 12.6 Å². The van der Waals surface area contributed by atoms with E-state index in [1.165, 1.54) is 19.1 Å². The van der Waals surface area contributed by atoms with Gasteiger partial charge in [-0.25, -0.2) is 8.42 Å². The summed E-state index contributed by atoms with van der Waals surface area (Å²) in [6.07, 6.45) is 0. The zero-order valence-corrected chi connectivity index (χ0v) is 12.1. The van der Waals surface area contributed by atoms with Crippen LogP contribution in [0.5, 0.6) is 0 Å². The maximum atomic E-state index is 11.8. The number of aliphatic carboxylic acids is 1. The van der Waals surface area contributed by atoms with Crippen LogP contribution in [0.1, 0.15) is 19.4 Å². The largest absolute Gasteiger partial charge is 0.480 e. The van der Waals surface area contributed by atoms with Gasteiger partial charge in [-0.2, -0.15) is 0 Å². The third kappa shape index (κ3) is 3.95. The van der Waals surface area contributed by atoms with Crippen molar-refractivity contribution in [2.24, 2.45) is 0 Å². The van der Waals surface area contributed by atoms with Crippen LogP contribution in [0.25, 0.3) is 0 Å². The monoisotopic (exact) mass is 300 g/mol. The fourth-order valence-corrected chi connectivity index (χ4v) is 2.29. The maximum absolute atomic E-state index is 11.8. The van der Waals surface area contributed by atoms with Crippen molar-refractivity contribution in [1.82, 2.24) is 0 Å². The van der Waals surface area contributed by atoms with Gasteiger partial charge in [-0.1, -0.05) is 6.07 Å². The van der Waals surface area contributed by atoms with E-state index in [4.69, 9.17) is 5.11 Å². The van der Waals surface area contributed by atoms with Gasteiger partial charge in [-0.15, -0.1) is 0 Å². The van der Waals surface area contributed by atoms with Crippen molar-refractivity contribution in [2.45, 2.75) is 26.0 Å². The second-order valence-electron chi connectivity index (χ2n) is 4.34. The molecular weight excluding hydrogens is 284 g/mol. The third-order valence-electron chi connectivity index (χ3n) is 2.62. The highest BCUT2D eigenvalue weighted by Crippen LogP contribution is 2.21. The standard InChI is InChI=1S/C12H16N2O5S/c1-7-4-5-10(6-11(7)13-9(3)15)14-20(18,19)8(2)12(16)17/h4-6,8,14H,1-3H3,(H,13,15)(H,16,17). The molecule has 0 fully saturated rings. The quantitative estimate of drug-likeness (QED) is 0.755. The minimum Gasteiger partial charge on any atom is -0.480 e. The van der Waals surface area contributed by atoms with Gasteiger partial charge in [-0.3, -0.25) is 14.3 Å². The van der Waals surface area contributed by atoms with Crippen LogP contribution in [0.2, 0.25) is 0 Å². The molecule has 110 valence electrons. The van der Waals surface area contributed by atoms with E-state index in [9.17, 15) is 18.0 Å². The van der Waals surface area contributed by atoms with E-state index in [1.54, 1.807) is 13.0 Å². The Labute approximate surface area is 117 Å². The first-order chi connectivity index (χ1) is 9.13. The molecule has 0 radical (unpaired) electrons. The van der Waals surface area contributed by atoms with E-state index in [-0.39, 0.29) is 11.6 Å². The lowest BCUT2D eigenvalue weighted by molar-refractivity contribution is -0.136. The van der Waals surface area contributed by atoms with Crippen molar-refractivity contribution in [3.8, 4) is 0 Å². The van der Waals surface area contributed by atoms with Crippen LogP contribution in [-0.4, -0.2) is 30.7 Å². The van der Waals surface area contributed by atoms with Crippen molar-refractivity contribution >= 4 is 33.3 Å². The highest BCUT2D eigenvalue weighted by atomic mass is 32.2. The lowest BCUT2D eigenvalue weighted by Crippen LogP contribution is -2.32. The van der Waals surface area contributed by atoms with Gasteiger partial charge < -0.3 is 10.4 Å². The number of carbonyl (C=O) groups excluding carboxylic acids is 1. The van der Waals surface area contributed by atoms with Crippen LogP contribution in [0.4, 0.5) is 11.4 Å². The molecular formula is C12H16N2O5S. The molecule has 0 aliphatic carbocycles. The van der Waals surface area contributed by atoms with E-state index >= 15 is 0 Å². The molecule has 1 rings (SSSR count). The molecule has 0 heterocycles. The molecule has 0 saturated heterocycles. The minimum absolute atomic E-state index is 0.187. The van der Waals surface area contributed by atoms with Gasteiger partial charge in [0.2, 0.25) is 15.9 Å². The number of nitrogens with one attached hydrogen (secondary N) is 2. The fourth-order valence-electron chi connectivity index (χ4n) is 1.40. The summed E-state index contributed by atoms with van der Waals surface area (Å²) in [7, 11) is -4.03. The molecule has 0 aliphatic rings. The number of rotatable bonds is 5. The van der Waals surface area contributed by atoms with Gasteiger partial charge in [-0.05, 0) is 31.5 Å². The number of carboxylic acids is 1. The predicted octanol–water partition coefficient (Wildman–Crippen LogP) is 1.17. The average Bonchev–Trinajstić information content (AvgIpc) is 2.31. The predicted molar refractivity (Wildman–Crippen MR) is 75.1 cm³/mol. The Kier molecular flexibility index (Phi) is 4.72.